The predicted octanol–water partition coefficient (Wildman–Crippen LogP) is 4.26. The van der Waals surface area contributed by atoms with Gasteiger partial charge in [0.05, 0.1) is 19.3 Å². The van der Waals surface area contributed by atoms with Gasteiger partial charge in [0.15, 0.2) is 0 Å². The lowest BCUT2D eigenvalue weighted by Crippen LogP contribution is -2.39. The Hall–Kier alpha value is -3.46. The zero-order valence-electron chi connectivity index (χ0n) is 23.5. The lowest BCUT2D eigenvalue weighted by Gasteiger charge is -2.18. The second kappa shape index (κ2) is 14.8. The number of rotatable bonds is 15. The van der Waals surface area contributed by atoms with Crippen molar-refractivity contribution in [3.8, 4) is 22.6 Å². The number of aliphatic hydroxyl groups excluding tert-OH is 1. The van der Waals surface area contributed by atoms with Crippen LogP contribution < -0.4 is 14.8 Å². The van der Waals surface area contributed by atoms with Crippen LogP contribution >= 0.6 is 0 Å². The van der Waals surface area contributed by atoms with Gasteiger partial charge in [0, 0.05) is 32.0 Å². The van der Waals surface area contributed by atoms with Gasteiger partial charge in [-0.25, -0.2) is 0 Å². The summed E-state index contributed by atoms with van der Waals surface area (Å²) in [5.41, 5.74) is 5.26. The summed E-state index contributed by atoms with van der Waals surface area (Å²) in [4.78, 5) is 18.0. The highest BCUT2D eigenvalue weighted by molar-refractivity contribution is 5.74. The number of nitrogens with one attached hydrogen (secondary N) is 1. The Morgan fingerprint density at radius 1 is 1.02 bits per heavy atom. The molecule has 1 aliphatic rings. The first-order chi connectivity index (χ1) is 19.4. The fourth-order valence-corrected chi connectivity index (χ4v) is 5.14. The smallest absolute Gasteiger partial charge is 0.321 e. The molecule has 1 fully saturated rings. The third-order valence-electron chi connectivity index (χ3n) is 7.41. The average molecular weight is 548 g/mol. The summed E-state index contributed by atoms with van der Waals surface area (Å²) in [6, 6.07) is 15.3. The van der Waals surface area contributed by atoms with Crippen LogP contribution in [0.1, 0.15) is 36.0 Å². The van der Waals surface area contributed by atoms with E-state index in [0.29, 0.717) is 32.6 Å². The second-order valence-electron chi connectivity index (χ2n) is 10.4. The molecule has 2 atom stereocenters. The third kappa shape index (κ3) is 8.27. The van der Waals surface area contributed by atoms with Crippen molar-refractivity contribution in [2.45, 2.75) is 51.7 Å². The number of pyridine rings is 1. The maximum atomic E-state index is 11.7. The van der Waals surface area contributed by atoms with Crippen LogP contribution in [0.15, 0.2) is 60.9 Å². The second-order valence-corrected chi connectivity index (χ2v) is 10.4. The molecule has 0 saturated carbocycles. The standard InChI is InChI=1S/C32H41N3O5/c1-23-27(28-10-4-12-31(24(28)2)40-19-7-16-35-17-13-26(36)22-35)9-3-11-30(23)39-18-6-15-34-29(32(37)38)20-25-8-5-14-33-21-25/h3-5,8-12,14,21,26,29,34,36H,6-7,13,15-20,22H2,1-2H3,(H,37,38). The van der Waals surface area contributed by atoms with Crippen LogP contribution in [0.3, 0.4) is 0 Å². The molecule has 3 aromatic rings. The molecule has 3 N–H and O–H groups in total. The average Bonchev–Trinajstić information content (AvgIpc) is 3.37. The summed E-state index contributed by atoms with van der Waals surface area (Å²) in [6.07, 6.45) is 6.03. The van der Waals surface area contributed by atoms with E-state index in [0.717, 1.165) is 71.8 Å². The summed E-state index contributed by atoms with van der Waals surface area (Å²) in [7, 11) is 0. The minimum absolute atomic E-state index is 0.188. The van der Waals surface area contributed by atoms with Gasteiger partial charge in [-0.15, -0.1) is 0 Å². The molecule has 0 spiro atoms. The van der Waals surface area contributed by atoms with Gasteiger partial charge in [-0.05, 0) is 92.1 Å². The van der Waals surface area contributed by atoms with Gasteiger partial charge < -0.3 is 29.9 Å². The van der Waals surface area contributed by atoms with Gasteiger partial charge >= 0.3 is 5.97 Å². The van der Waals surface area contributed by atoms with Gasteiger partial charge in [0.25, 0.3) is 0 Å². The van der Waals surface area contributed by atoms with Crippen molar-refractivity contribution in [2.75, 3.05) is 39.4 Å². The molecule has 0 bridgehead atoms. The molecular weight excluding hydrogens is 506 g/mol. The molecule has 8 heteroatoms. The molecule has 1 aromatic heterocycles. The number of ether oxygens (including phenoxy) is 2. The van der Waals surface area contributed by atoms with Crippen molar-refractivity contribution in [2.24, 2.45) is 0 Å². The number of nitrogens with zero attached hydrogens (tertiary/aromatic N) is 2. The number of hydrogen-bond acceptors (Lipinski definition) is 7. The van der Waals surface area contributed by atoms with E-state index < -0.39 is 12.0 Å². The maximum absolute atomic E-state index is 11.7. The molecule has 1 aliphatic heterocycles. The molecule has 0 amide bonds. The normalized spacial score (nSPS) is 16.1. The number of carboxylic acid groups (broad SMARTS) is 1. The number of aliphatic hydroxyl groups is 1. The minimum atomic E-state index is -0.874. The van der Waals surface area contributed by atoms with E-state index in [9.17, 15) is 15.0 Å². The lowest BCUT2D eigenvalue weighted by molar-refractivity contribution is -0.139. The van der Waals surface area contributed by atoms with E-state index in [-0.39, 0.29) is 6.10 Å². The van der Waals surface area contributed by atoms with Gasteiger partial charge in [-0.3, -0.25) is 9.78 Å². The van der Waals surface area contributed by atoms with Crippen LogP contribution in [-0.2, 0) is 11.2 Å². The molecule has 4 rings (SSSR count). The van der Waals surface area contributed by atoms with E-state index in [1.54, 1.807) is 12.4 Å². The number of hydrogen-bond donors (Lipinski definition) is 3. The number of aliphatic carboxylic acids is 1. The van der Waals surface area contributed by atoms with Crippen LogP contribution in [0, 0.1) is 13.8 Å². The van der Waals surface area contributed by atoms with E-state index in [1.807, 2.05) is 36.4 Å². The van der Waals surface area contributed by atoms with Gasteiger partial charge in [0.1, 0.15) is 17.5 Å². The number of aromatic nitrogens is 1. The Bertz CT molecular complexity index is 1240. The molecule has 8 nitrogen and oxygen atoms in total. The van der Waals surface area contributed by atoms with Crippen molar-refractivity contribution >= 4 is 5.97 Å². The molecule has 1 saturated heterocycles. The summed E-state index contributed by atoms with van der Waals surface area (Å²) >= 11 is 0. The van der Waals surface area contributed by atoms with Crippen molar-refractivity contribution < 1.29 is 24.5 Å². The number of benzene rings is 2. The molecule has 2 aromatic carbocycles. The first-order valence-electron chi connectivity index (χ1n) is 14.1. The fraction of sp³-hybridized carbons (Fsp3) is 0.438. The first-order valence-corrected chi connectivity index (χ1v) is 14.1. The number of carboxylic acids is 1. The molecule has 2 heterocycles. The highest BCUT2D eigenvalue weighted by Gasteiger charge is 2.20. The summed E-state index contributed by atoms with van der Waals surface area (Å²) < 4.78 is 12.3. The largest absolute Gasteiger partial charge is 0.493 e. The fourth-order valence-electron chi connectivity index (χ4n) is 5.14. The van der Waals surface area contributed by atoms with Crippen molar-refractivity contribution in [1.82, 2.24) is 15.2 Å². The SMILES string of the molecule is Cc1c(OCCCNC(Cc2cccnc2)C(=O)O)cccc1-c1cccc(OCCCN2CCC(O)C2)c1C. The number of β-amino-alcohol motifs (C(OH)–C–C–N with tert-alkyl or cyclic N) is 1. The summed E-state index contributed by atoms with van der Waals surface area (Å²) in [5, 5.41) is 22.4. The van der Waals surface area contributed by atoms with Crippen molar-refractivity contribution in [3.05, 3.63) is 77.6 Å². The molecular formula is C32H41N3O5. The Labute approximate surface area is 237 Å². The maximum Gasteiger partial charge on any atom is 0.321 e. The summed E-state index contributed by atoms with van der Waals surface area (Å²) in [6.45, 7) is 8.46. The van der Waals surface area contributed by atoms with E-state index in [4.69, 9.17) is 9.47 Å². The highest BCUT2D eigenvalue weighted by atomic mass is 16.5. The van der Waals surface area contributed by atoms with Crippen LogP contribution in [0.5, 0.6) is 11.5 Å². The minimum Gasteiger partial charge on any atom is -0.493 e. The van der Waals surface area contributed by atoms with Crippen LogP contribution in [0.2, 0.25) is 0 Å². The Morgan fingerprint density at radius 3 is 2.27 bits per heavy atom. The quantitative estimate of drug-likeness (QED) is 0.243. The van der Waals surface area contributed by atoms with Gasteiger partial charge in [0.2, 0.25) is 0 Å². The summed E-state index contributed by atoms with van der Waals surface area (Å²) in [5.74, 6) is 0.831. The van der Waals surface area contributed by atoms with Crippen LogP contribution in [0.25, 0.3) is 11.1 Å². The number of likely N-dealkylation sites (tertiary alicyclic amines) is 1. The van der Waals surface area contributed by atoms with E-state index >= 15 is 0 Å². The Morgan fingerprint density at radius 2 is 1.70 bits per heavy atom. The first kappa shape index (κ1) is 29.5. The van der Waals surface area contributed by atoms with E-state index in [2.05, 4.69) is 41.2 Å². The Kier molecular flexibility index (Phi) is 10.9. The van der Waals surface area contributed by atoms with Crippen molar-refractivity contribution in [3.63, 3.8) is 0 Å². The third-order valence-corrected chi connectivity index (χ3v) is 7.41. The molecule has 0 radical (unpaired) electrons. The lowest BCUT2D eigenvalue weighted by atomic mass is 9.95. The van der Waals surface area contributed by atoms with Crippen molar-refractivity contribution in [1.29, 1.82) is 0 Å². The predicted molar refractivity (Wildman–Crippen MR) is 156 cm³/mol. The topological polar surface area (TPSA) is 104 Å². The molecule has 40 heavy (non-hydrogen) atoms. The number of carbonyl (C=O) groups is 1. The van der Waals surface area contributed by atoms with Gasteiger partial charge in [-0.2, -0.15) is 0 Å². The zero-order valence-corrected chi connectivity index (χ0v) is 23.5. The Balaban J connectivity index is 1.28. The van der Waals surface area contributed by atoms with Gasteiger partial charge in [-0.1, -0.05) is 30.3 Å². The molecule has 214 valence electrons. The highest BCUT2D eigenvalue weighted by Crippen LogP contribution is 2.35. The molecule has 0 aliphatic carbocycles. The molecule has 2 unspecified atom stereocenters. The van der Waals surface area contributed by atoms with E-state index in [1.165, 1.54) is 0 Å². The zero-order chi connectivity index (χ0) is 28.3. The monoisotopic (exact) mass is 547 g/mol. The van der Waals surface area contributed by atoms with Crippen LogP contribution in [0.4, 0.5) is 0 Å². The van der Waals surface area contributed by atoms with Crippen LogP contribution in [-0.4, -0.2) is 77.6 Å².